The van der Waals surface area contributed by atoms with Crippen molar-refractivity contribution < 1.29 is 14.7 Å². The molecule has 2 aromatic heterocycles. The number of thiophene rings is 2. The van der Waals surface area contributed by atoms with Gasteiger partial charge in [0.2, 0.25) is 5.91 Å². The zero-order chi connectivity index (χ0) is 14.7. The molecule has 0 atom stereocenters. The summed E-state index contributed by atoms with van der Waals surface area (Å²) < 4.78 is 0. The van der Waals surface area contributed by atoms with Gasteiger partial charge in [-0.2, -0.15) is 0 Å². The molecule has 0 saturated heterocycles. The van der Waals surface area contributed by atoms with E-state index in [-0.39, 0.29) is 11.5 Å². The molecule has 0 radical (unpaired) electrons. The third-order valence-electron chi connectivity index (χ3n) is 2.48. The smallest absolute Gasteiger partial charge is 0.338 e. The Morgan fingerprint density at radius 2 is 1.95 bits per heavy atom. The van der Waals surface area contributed by atoms with Crippen LogP contribution in [0.25, 0.3) is 6.08 Å². The molecule has 0 aliphatic heterocycles. The molecular weight excluding hydrogens is 294 g/mol. The highest BCUT2D eigenvalue weighted by molar-refractivity contribution is 7.16. The number of carbonyl (C=O) groups is 2. The molecule has 0 unspecified atom stereocenters. The lowest BCUT2D eigenvalue weighted by Crippen LogP contribution is -2.09. The van der Waals surface area contributed by atoms with Crippen molar-refractivity contribution in [2.75, 3.05) is 5.32 Å². The summed E-state index contributed by atoms with van der Waals surface area (Å²) in [7, 11) is 0. The number of aryl methyl sites for hydroxylation is 2. The Labute approximate surface area is 124 Å². The average molecular weight is 307 g/mol. The minimum absolute atomic E-state index is 0.126. The van der Waals surface area contributed by atoms with E-state index in [1.54, 1.807) is 30.4 Å². The lowest BCUT2D eigenvalue weighted by atomic mass is 10.3. The van der Waals surface area contributed by atoms with Gasteiger partial charge in [0, 0.05) is 20.7 Å². The molecule has 0 aliphatic carbocycles. The first-order chi connectivity index (χ1) is 9.45. The summed E-state index contributed by atoms with van der Waals surface area (Å²) >= 11 is 2.84. The highest BCUT2D eigenvalue weighted by Gasteiger charge is 2.14. The maximum atomic E-state index is 11.8. The predicted octanol–water partition coefficient (Wildman–Crippen LogP) is 3.78. The Bertz CT molecular complexity index is 682. The largest absolute Gasteiger partial charge is 0.478 e. The van der Waals surface area contributed by atoms with Crippen LogP contribution in [0.15, 0.2) is 24.3 Å². The Balaban J connectivity index is 2.08. The Morgan fingerprint density at radius 3 is 2.55 bits per heavy atom. The number of rotatable bonds is 4. The number of aromatic carboxylic acids is 1. The maximum absolute atomic E-state index is 11.8. The van der Waals surface area contributed by atoms with E-state index in [2.05, 4.69) is 5.32 Å². The summed E-state index contributed by atoms with van der Waals surface area (Å²) in [4.78, 5) is 25.8. The fourth-order valence-electron chi connectivity index (χ4n) is 1.62. The summed E-state index contributed by atoms with van der Waals surface area (Å²) in [6, 6.07) is 5.46. The molecule has 2 rings (SSSR count). The number of hydrogen-bond donors (Lipinski definition) is 2. The molecule has 4 nitrogen and oxygen atoms in total. The van der Waals surface area contributed by atoms with Gasteiger partial charge >= 0.3 is 5.97 Å². The number of anilines is 1. The standard InChI is InChI=1S/C14H13NO3S2/c1-8-3-4-10(19-8)5-6-12(16)15-13-11(14(17)18)7-9(2)20-13/h3-7H,1-2H3,(H,15,16)(H,17,18). The van der Waals surface area contributed by atoms with E-state index in [4.69, 9.17) is 5.11 Å². The molecule has 0 bridgehead atoms. The van der Waals surface area contributed by atoms with Crippen molar-refractivity contribution in [3.05, 3.63) is 44.5 Å². The highest BCUT2D eigenvalue weighted by atomic mass is 32.1. The fourth-order valence-corrected chi connectivity index (χ4v) is 3.31. The molecule has 0 aromatic carbocycles. The van der Waals surface area contributed by atoms with Gasteiger partial charge in [0.1, 0.15) is 5.00 Å². The molecule has 2 N–H and O–H groups in total. The van der Waals surface area contributed by atoms with Crippen LogP contribution in [0.2, 0.25) is 0 Å². The Morgan fingerprint density at radius 1 is 1.20 bits per heavy atom. The molecule has 0 spiro atoms. The van der Waals surface area contributed by atoms with Gasteiger partial charge in [0.25, 0.3) is 0 Å². The number of carbonyl (C=O) groups excluding carboxylic acids is 1. The van der Waals surface area contributed by atoms with Crippen molar-refractivity contribution in [1.82, 2.24) is 0 Å². The van der Waals surface area contributed by atoms with Crippen LogP contribution in [0.4, 0.5) is 5.00 Å². The zero-order valence-electron chi connectivity index (χ0n) is 11.0. The molecular formula is C14H13NO3S2. The third kappa shape index (κ3) is 3.55. The van der Waals surface area contributed by atoms with E-state index < -0.39 is 5.97 Å². The maximum Gasteiger partial charge on any atom is 0.338 e. The van der Waals surface area contributed by atoms with Gasteiger partial charge in [-0.05, 0) is 38.1 Å². The lowest BCUT2D eigenvalue weighted by Gasteiger charge is -1.99. The molecule has 0 fully saturated rings. The Hall–Kier alpha value is -1.92. The van der Waals surface area contributed by atoms with Crippen LogP contribution in [-0.4, -0.2) is 17.0 Å². The molecule has 0 saturated carbocycles. The number of amides is 1. The van der Waals surface area contributed by atoms with E-state index in [0.717, 1.165) is 9.75 Å². The van der Waals surface area contributed by atoms with E-state index in [9.17, 15) is 9.59 Å². The van der Waals surface area contributed by atoms with Crippen molar-refractivity contribution in [2.45, 2.75) is 13.8 Å². The minimum Gasteiger partial charge on any atom is -0.478 e. The summed E-state index contributed by atoms with van der Waals surface area (Å²) in [5.74, 6) is -1.37. The normalized spacial score (nSPS) is 10.9. The van der Waals surface area contributed by atoms with Crippen LogP contribution in [0.3, 0.4) is 0 Å². The summed E-state index contributed by atoms with van der Waals surface area (Å²) in [5.41, 5.74) is 0.126. The molecule has 20 heavy (non-hydrogen) atoms. The number of hydrogen-bond acceptors (Lipinski definition) is 4. The van der Waals surface area contributed by atoms with Crippen molar-refractivity contribution in [3.8, 4) is 0 Å². The van der Waals surface area contributed by atoms with E-state index in [1.165, 1.54) is 22.3 Å². The van der Waals surface area contributed by atoms with Crippen LogP contribution >= 0.6 is 22.7 Å². The van der Waals surface area contributed by atoms with Crippen LogP contribution in [0, 0.1) is 13.8 Å². The number of carboxylic acid groups (broad SMARTS) is 1. The quantitative estimate of drug-likeness (QED) is 0.845. The number of nitrogens with one attached hydrogen (secondary N) is 1. The van der Waals surface area contributed by atoms with Gasteiger partial charge in [-0.3, -0.25) is 4.79 Å². The van der Waals surface area contributed by atoms with Crippen molar-refractivity contribution in [1.29, 1.82) is 0 Å². The van der Waals surface area contributed by atoms with Crippen LogP contribution < -0.4 is 5.32 Å². The second kappa shape index (κ2) is 6.02. The molecule has 6 heteroatoms. The van der Waals surface area contributed by atoms with Crippen LogP contribution in [0.1, 0.15) is 25.0 Å². The van der Waals surface area contributed by atoms with Crippen molar-refractivity contribution >= 4 is 45.6 Å². The van der Waals surface area contributed by atoms with Gasteiger partial charge in [0.15, 0.2) is 0 Å². The average Bonchev–Trinajstić information content (AvgIpc) is 2.93. The summed E-state index contributed by atoms with van der Waals surface area (Å²) in [6.45, 7) is 3.80. The summed E-state index contributed by atoms with van der Waals surface area (Å²) in [6.07, 6.45) is 3.12. The lowest BCUT2D eigenvalue weighted by molar-refractivity contribution is -0.111. The Kier molecular flexibility index (Phi) is 4.36. The summed E-state index contributed by atoms with van der Waals surface area (Å²) in [5, 5.41) is 12.0. The van der Waals surface area contributed by atoms with Gasteiger partial charge in [-0.25, -0.2) is 4.79 Å². The molecule has 2 aromatic rings. The SMILES string of the molecule is Cc1ccc(C=CC(=O)Nc2sc(C)cc2C(=O)O)s1. The monoisotopic (exact) mass is 307 g/mol. The van der Waals surface area contributed by atoms with E-state index in [1.807, 2.05) is 19.1 Å². The van der Waals surface area contributed by atoms with Gasteiger partial charge in [-0.15, -0.1) is 22.7 Å². The second-order valence-corrected chi connectivity index (χ2v) is 6.75. The zero-order valence-corrected chi connectivity index (χ0v) is 12.6. The predicted molar refractivity (Wildman–Crippen MR) is 82.7 cm³/mol. The van der Waals surface area contributed by atoms with Crippen LogP contribution in [-0.2, 0) is 4.79 Å². The third-order valence-corrected chi connectivity index (χ3v) is 4.41. The van der Waals surface area contributed by atoms with Crippen LogP contribution in [0.5, 0.6) is 0 Å². The second-order valence-electron chi connectivity index (χ2n) is 4.18. The topological polar surface area (TPSA) is 66.4 Å². The molecule has 0 aliphatic rings. The van der Waals surface area contributed by atoms with Gasteiger partial charge < -0.3 is 10.4 Å². The minimum atomic E-state index is -1.04. The van der Waals surface area contributed by atoms with Gasteiger partial charge in [-0.1, -0.05) is 0 Å². The van der Waals surface area contributed by atoms with E-state index >= 15 is 0 Å². The highest BCUT2D eigenvalue weighted by Crippen LogP contribution is 2.27. The number of carboxylic acids is 1. The first-order valence-corrected chi connectivity index (χ1v) is 7.48. The molecule has 2 heterocycles. The first kappa shape index (κ1) is 14.5. The fraction of sp³-hybridized carbons (Fsp3) is 0.143. The van der Waals surface area contributed by atoms with Crippen molar-refractivity contribution in [3.63, 3.8) is 0 Å². The van der Waals surface area contributed by atoms with Gasteiger partial charge in [0.05, 0.1) is 5.56 Å². The molecule has 104 valence electrons. The van der Waals surface area contributed by atoms with Crippen molar-refractivity contribution in [2.24, 2.45) is 0 Å². The molecule has 1 amide bonds. The first-order valence-electron chi connectivity index (χ1n) is 5.85. The van der Waals surface area contributed by atoms with E-state index in [0.29, 0.717) is 5.00 Å².